The lowest BCUT2D eigenvalue weighted by molar-refractivity contribution is 0.102. The van der Waals surface area contributed by atoms with Crippen LogP contribution >= 0.6 is 0 Å². The molecule has 2 rings (SSSR count). The molecule has 1 aromatic heterocycles. The summed E-state index contributed by atoms with van der Waals surface area (Å²) in [5, 5.41) is 14.3. The molecule has 7 nitrogen and oxygen atoms in total. The fraction of sp³-hybridized carbons (Fsp3) is 0.429. The zero-order valence-corrected chi connectivity index (χ0v) is 12.4. The second-order valence-electron chi connectivity index (χ2n) is 4.85. The van der Waals surface area contributed by atoms with Gasteiger partial charge in [-0.2, -0.15) is 4.80 Å². The van der Waals surface area contributed by atoms with Crippen molar-refractivity contribution in [1.29, 1.82) is 0 Å². The standard InChI is InChI=1S/C14H19N5O2/c1-4-9-19-17-14(16-18-19)15-13(20)11-5-7-12(8-6-11)21-10(2)3/h5-8,10H,4,9H2,1-3H3,(H,15,17,20). The van der Waals surface area contributed by atoms with Gasteiger partial charge in [-0.05, 0) is 49.7 Å². The van der Waals surface area contributed by atoms with E-state index >= 15 is 0 Å². The Bertz CT molecular complexity index is 592. The second kappa shape index (κ2) is 6.83. The molecule has 1 aromatic carbocycles. The van der Waals surface area contributed by atoms with Gasteiger partial charge in [-0.3, -0.25) is 10.1 Å². The maximum absolute atomic E-state index is 12.0. The van der Waals surface area contributed by atoms with E-state index in [9.17, 15) is 4.79 Å². The first kappa shape index (κ1) is 15.0. The topological polar surface area (TPSA) is 81.9 Å². The number of benzene rings is 1. The first-order valence-electron chi connectivity index (χ1n) is 6.94. The summed E-state index contributed by atoms with van der Waals surface area (Å²) in [5.74, 6) is 0.659. The molecule has 0 fully saturated rings. The Morgan fingerprint density at radius 3 is 2.67 bits per heavy atom. The molecule has 7 heteroatoms. The number of ether oxygens (including phenoxy) is 1. The number of aromatic nitrogens is 4. The third-order valence-electron chi connectivity index (χ3n) is 2.59. The van der Waals surface area contributed by atoms with Crippen LogP contribution in [-0.2, 0) is 6.54 Å². The Kier molecular flexibility index (Phi) is 4.86. The molecule has 1 N–H and O–H groups in total. The maximum atomic E-state index is 12.0. The average molecular weight is 289 g/mol. The fourth-order valence-electron chi connectivity index (χ4n) is 1.72. The van der Waals surface area contributed by atoms with Crippen LogP contribution in [0.5, 0.6) is 5.75 Å². The van der Waals surface area contributed by atoms with Gasteiger partial charge in [0.05, 0.1) is 12.6 Å². The Hall–Kier alpha value is -2.44. The minimum atomic E-state index is -0.276. The highest BCUT2D eigenvalue weighted by atomic mass is 16.5. The van der Waals surface area contributed by atoms with Gasteiger partial charge in [-0.1, -0.05) is 12.0 Å². The van der Waals surface area contributed by atoms with E-state index in [1.807, 2.05) is 20.8 Å². The van der Waals surface area contributed by atoms with Crippen LogP contribution in [0.25, 0.3) is 0 Å². The summed E-state index contributed by atoms with van der Waals surface area (Å²) in [4.78, 5) is 13.5. The number of nitrogens with zero attached hydrogens (tertiary/aromatic N) is 4. The first-order chi connectivity index (χ1) is 10.1. The summed E-state index contributed by atoms with van der Waals surface area (Å²) in [5.41, 5.74) is 0.512. The van der Waals surface area contributed by atoms with Gasteiger partial charge in [-0.15, -0.1) is 5.10 Å². The van der Waals surface area contributed by atoms with Crippen molar-refractivity contribution in [1.82, 2.24) is 20.2 Å². The molecular formula is C14H19N5O2. The molecule has 0 aliphatic carbocycles. The highest BCUT2D eigenvalue weighted by Crippen LogP contribution is 2.14. The minimum absolute atomic E-state index is 0.0995. The number of nitrogens with one attached hydrogen (secondary N) is 1. The lowest BCUT2D eigenvalue weighted by atomic mass is 10.2. The van der Waals surface area contributed by atoms with Crippen molar-refractivity contribution in [3.05, 3.63) is 29.8 Å². The number of hydrogen-bond donors (Lipinski definition) is 1. The number of carbonyl (C=O) groups excluding carboxylic acids is 1. The molecule has 2 aromatic rings. The minimum Gasteiger partial charge on any atom is -0.491 e. The van der Waals surface area contributed by atoms with E-state index in [-0.39, 0.29) is 18.0 Å². The molecule has 0 aliphatic heterocycles. The number of carbonyl (C=O) groups is 1. The van der Waals surface area contributed by atoms with Gasteiger partial charge in [0.15, 0.2) is 0 Å². The van der Waals surface area contributed by atoms with Crippen molar-refractivity contribution in [2.24, 2.45) is 0 Å². The van der Waals surface area contributed by atoms with Crippen molar-refractivity contribution in [3.63, 3.8) is 0 Å². The molecule has 0 spiro atoms. The molecule has 1 heterocycles. The predicted molar refractivity (Wildman–Crippen MR) is 78.3 cm³/mol. The van der Waals surface area contributed by atoms with E-state index < -0.39 is 0 Å². The van der Waals surface area contributed by atoms with Crippen LogP contribution in [-0.4, -0.2) is 32.2 Å². The van der Waals surface area contributed by atoms with Crippen LogP contribution < -0.4 is 10.1 Å². The molecule has 0 bridgehead atoms. The van der Waals surface area contributed by atoms with Gasteiger partial charge < -0.3 is 4.74 Å². The predicted octanol–water partition coefficient (Wildman–Crippen LogP) is 2.12. The summed E-state index contributed by atoms with van der Waals surface area (Å²) in [6.07, 6.45) is 1.00. The van der Waals surface area contributed by atoms with E-state index in [4.69, 9.17) is 4.74 Å². The lowest BCUT2D eigenvalue weighted by Gasteiger charge is -2.09. The third-order valence-corrected chi connectivity index (χ3v) is 2.59. The molecule has 112 valence electrons. The van der Waals surface area contributed by atoms with Gasteiger partial charge >= 0.3 is 0 Å². The Morgan fingerprint density at radius 2 is 2.05 bits per heavy atom. The second-order valence-corrected chi connectivity index (χ2v) is 4.85. The van der Waals surface area contributed by atoms with Crippen LogP contribution in [0.1, 0.15) is 37.6 Å². The summed E-state index contributed by atoms with van der Waals surface area (Å²) in [6.45, 7) is 6.59. The molecular weight excluding hydrogens is 270 g/mol. The van der Waals surface area contributed by atoms with Crippen molar-refractivity contribution in [2.45, 2.75) is 39.8 Å². The van der Waals surface area contributed by atoms with Gasteiger partial charge in [-0.25, -0.2) is 0 Å². The Morgan fingerprint density at radius 1 is 1.33 bits per heavy atom. The largest absolute Gasteiger partial charge is 0.491 e. The maximum Gasteiger partial charge on any atom is 0.270 e. The SMILES string of the molecule is CCCn1nnc(NC(=O)c2ccc(OC(C)C)cc2)n1. The Labute approximate surface area is 123 Å². The zero-order valence-electron chi connectivity index (χ0n) is 12.4. The number of tetrazole rings is 1. The van der Waals surface area contributed by atoms with Crippen LogP contribution in [0, 0.1) is 0 Å². The highest BCUT2D eigenvalue weighted by Gasteiger charge is 2.10. The van der Waals surface area contributed by atoms with Crippen molar-refractivity contribution >= 4 is 11.9 Å². The number of amides is 1. The number of aryl methyl sites for hydroxylation is 1. The molecule has 0 saturated heterocycles. The first-order valence-corrected chi connectivity index (χ1v) is 6.94. The van der Waals surface area contributed by atoms with Crippen LogP contribution in [0.15, 0.2) is 24.3 Å². The smallest absolute Gasteiger partial charge is 0.270 e. The quantitative estimate of drug-likeness (QED) is 0.880. The highest BCUT2D eigenvalue weighted by molar-refractivity contribution is 6.03. The molecule has 0 unspecified atom stereocenters. The van der Waals surface area contributed by atoms with Gasteiger partial charge in [0.25, 0.3) is 11.9 Å². The molecule has 0 atom stereocenters. The fourth-order valence-corrected chi connectivity index (χ4v) is 1.72. The number of rotatable bonds is 6. The zero-order chi connectivity index (χ0) is 15.2. The number of hydrogen-bond acceptors (Lipinski definition) is 5. The van der Waals surface area contributed by atoms with E-state index in [0.29, 0.717) is 12.1 Å². The molecule has 0 radical (unpaired) electrons. The summed E-state index contributed by atoms with van der Waals surface area (Å²) in [7, 11) is 0. The van der Waals surface area contributed by atoms with E-state index in [1.165, 1.54) is 4.80 Å². The summed E-state index contributed by atoms with van der Waals surface area (Å²) in [6, 6.07) is 6.92. The van der Waals surface area contributed by atoms with Crippen LogP contribution in [0.2, 0.25) is 0 Å². The van der Waals surface area contributed by atoms with Crippen molar-refractivity contribution in [3.8, 4) is 5.75 Å². The van der Waals surface area contributed by atoms with Crippen molar-refractivity contribution in [2.75, 3.05) is 5.32 Å². The van der Waals surface area contributed by atoms with Gasteiger partial charge in [0.2, 0.25) is 0 Å². The number of anilines is 1. The summed E-state index contributed by atoms with van der Waals surface area (Å²) < 4.78 is 5.53. The van der Waals surface area contributed by atoms with Crippen LogP contribution in [0.3, 0.4) is 0 Å². The van der Waals surface area contributed by atoms with E-state index in [2.05, 4.69) is 20.7 Å². The normalized spacial score (nSPS) is 10.7. The molecule has 0 saturated carbocycles. The van der Waals surface area contributed by atoms with E-state index in [0.717, 1.165) is 12.2 Å². The van der Waals surface area contributed by atoms with Crippen molar-refractivity contribution < 1.29 is 9.53 Å². The lowest BCUT2D eigenvalue weighted by Crippen LogP contribution is -2.13. The van der Waals surface area contributed by atoms with Crippen LogP contribution in [0.4, 0.5) is 5.95 Å². The molecule has 21 heavy (non-hydrogen) atoms. The van der Waals surface area contributed by atoms with E-state index in [1.54, 1.807) is 24.3 Å². The summed E-state index contributed by atoms with van der Waals surface area (Å²) >= 11 is 0. The Balaban J connectivity index is 1.99. The average Bonchev–Trinajstić information content (AvgIpc) is 2.86. The van der Waals surface area contributed by atoms with Gasteiger partial charge in [0.1, 0.15) is 5.75 Å². The third kappa shape index (κ3) is 4.27. The molecule has 1 amide bonds. The molecule has 0 aliphatic rings. The van der Waals surface area contributed by atoms with Gasteiger partial charge in [0, 0.05) is 5.56 Å². The monoisotopic (exact) mass is 289 g/mol.